The van der Waals surface area contributed by atoms with Gasteiger partial charge in [0.15, 0.2) is 11.5 Å². The van der Waals surface area contributed by atoms with E-state index in [2.05, 4.69) is 137 Å². The quantitative estimate of drug-likeness (QED) is 0.168. The van der Waals surface area contributed by atoms with Gasteiger partial charge in [-0.3, -0.25) is 9.80 Å². The van der Waals surface area contributed by atoms with E-state index in [9.17, 15) is 0 Å². The molecule has 0 radical (unpaired) electrons. The van der Waals surface area contributed by atoms with Gasteiger partial charge in [0, 0.05) is 55.0 Å². The summed E-state index contributed by atoms with van der Waals surface area (Å²) in [6.07, 6.45) is 0. The summed E-state index contributed by atoms with van der Waals surface area (Å²) >= 11 is 0. The molecule has 0 spiro atoms. The molecule has 4 aromatic heterocycles. The van der Waals surface area contributed by atoms with Crippen molar-refractivity contribution in [1.82, 2.24) is 0 Å². The Balaban J connectivity index is 1.20. The van der Waals surface area contributed by atoms with E-state index in [1.807, 2.05) is 48.5 Å². The molecule has 0 unspecified atom stereocenters. The molecule has 13 rings (SSSR count). The fourth-order valence-electron chi connectivity index (χ4n) is 9.40. The average molecular weight is 733 g/mol. The maximum atomic E-state index is 7.08. The minimum Gasteiger partial charge on any atom is -0.454 e. The van der Waals surface area contributed by atoms with Gasteiger partial charge in [0.2, 0.25) is 11.8 Å². The van der Waals surface area contributed by atoms with E-state index in [0.717, 1.165) is 117 Å². The van der Waals surface area contributed by atoms with Crippen LogP contribution in [0.4, 0.5) is 34.5 Å². The fourth-order valence-corrected chi connectivity index (χ4v) is 9.40. The zero-order valence-electron chi connectivity index (χ0n) is 30.3. The molecule has 2 aliphatic rings. The van der Waals surface area contributed by atoms with Crippen LogP contribution in [0.25, 0.3) is 66.5 Å². The summed E-state index contributed by atoms with van der Waals surface area (Å²) in [5.41, 5.74) is 12.4. The van der Waals surface area contributed by atoms with Gasteiger partial charge in [-0.05, 0) is 54.0 Å². The number of fused-ring (bicyclic) bond motifs is 10. The SMILES string of the molecule is c1ccc(-c2oc3ccccc3c2N2c3cccc4c3B(c3c2oc2ccccc32)c2c(oc3ccccc23)N4c2c(-c3ccccc3)oc3ccccc23)cc1. The van der Waals surface area contributed by atoms with Gasteiger partial charge >= 0.3 is 0 Å². The Bertz CT molecular complexity index is 3170. The van der Waals surface area contributed by atoms with Crippen molar-refractivity contribution in [1.29, 1.82) is 0 Å². The van der Waals surface area contributed by atoms with Crippen molar-refractivity contribution < 1.29 is 17.7 Å². The lowest BCUT2D eigenvalue weighted by atomic mass is 9.33. The molecule has 57 heavy (non-hydrogen) atoms. The summed E-state index contributed by atoms with van der Waals surface area (Å²) in [7, 11) is 0. The first-order chi connectivity index (χ1) is 28.3. The highest BCUT2D eigenvalue weighted by molar-refractivity contribution is 7.02. The lowest BCUT2D eigenvalue weighted by Crippen LogP contribution is -2.60. The molecule has 0 amide bonds. The van der Waals surface area contributed by atoms with E-state index in [0.29, 0.717) is 0 Å². The standard InChI is InChI=1S/C50H29BN2O4/c1-3-16-30(17-4-1)47-45(34-22-9-13-28-40(34)54-47)52-36-24-15-25-37-44(36)51(42-32-20-7-11-26-38(32)56-49(42)52)43-33-21-8-12-27-39(33)57-50(43)53(37)46-35-23-10-14-29-41(35)55-48(46)31-18-5-2-6-19-31/h1-29H. The van der Waals surface area contributed by atoms with Crippen LogP contribution in [-0.4, -0.2) is 6.71 Å². The zero-order valence-corrected chi connectivity index (χ0v) is 30.3. The lowest BCUT2D eigenvalue weighted by molar-refractivity contribution is 0.614. The molecular weight excluding hydrogens is 703 g/mol. The van der Waals surface area contributed by atoms with E-state index >= 15 is 0 Å². The molecule has 2 aliphatic heterocycles. The Morgan fingerprint density at radius 2 is 0.684 bits per heavy atom. The Morgan fingerprint density at radius 1 is 0.316 bits per heavy atom. The van der Waals surface area contributed by atoms with Crippen LogP contribution >= 0.6 is 0 Å². The summed E-state index contributed by atoms with van der Waals surface area (Å²) in [5, 5.41) is 4.10. The van der Waals surface area contributed by atoms with Crippen molar-refractivity contribution in [3.05, 3.63) is 176 Å². The fraction of sp³-hybridized carbons (Fsp3) is 0. The predicted molar refractivity (Wildman–Crippen MR) is 230 cm³/mol. The molecule has 0 atom stereocenters. The molecule has 11 aromatic rings. The summed E-state index contributed by atoms with van der Waals surface area (Å²) in [5.74, 6) is 3.07. The highest BCUT2D eigenvalue weighted by atomic mass is 16.4. The maximum absolute atomic E-state index is 7.08. The number of para-hydroxylation sites is 4. The number of anilines is 6. The summed E-state index contributed by atoms with van der Waals surface area (Å²) in [4.78, 5) is 4.60. The number of nitrogens with zero attached hydrogens (tertiary/aromatic N) is 2. The van der Waals surface area contributed by atoms with Gasteiger partial charge < -0.3 is 17.7 Å². The van der Waals surface area contributed by atoms with E-state index in [1.165, 1.54) is 0 Å². The molecule has 7 aromatic carbocycles. The van der Waals surface area contributed by atoms with Crippen LogP contribution in [0.15, 0.2) is 194 Å². The van der Waals surface area contributed by atoms with Gasteiger partial charge in [0.25, 0.3) is 6.71 Å². The van der Waals surface area contributed by atoms with Crippen molar-refractivity contribution in [2.75, 3.05) is 9.80 Å². The average Bonchev–Trinajstić information content (AvgIpc) is 4.05. The number of hydrogen-bond donors (Lipinski definition) is 0. The first kappa shape index (κ1) is 30.7. The van der Waals surface area contributed by atoms with Crippen LogP contribution in [-0.2, 0) is 0 Å². The summed E-state index contributed by atoms with van der Waals surface area (Å²) < 4.78 is 27.8. The van der Waals surface area contributed by atoms with E-state index in [-0.39, 0.29) is 6.71 Å². The normalized spacial score (nSPS) is 13.2. The molecule has 0 saturated heterocycles. The van der Waals surface area contributed by atoms with Gasteiger partial charge in [-0.1, -0.05) is 127 Å². The number of benzene rings is 7. The van der Waals surface area contributed by atoms with Crippen LogP contribution in [0.1, 0.15) is 0 Å². The Labute approximate surface area is 326 Å². The number of rotatable bonds is 4. The van der Waals surface area contributed by atoms with Gasteiger partial charge in [-0.2, -0.15) is 0 Å². The van der Waals surface area contributed by atoms with E-state index in [1.54, 1.807) is 0 Å². The molecule has 266 valence electrons. The monoisotopic (exact) mass is 732 g/mol. The van der Waals surface area contributed by atoms with Crippen LogP contribution in [0.2, 0.25) is 0 Å². The Kier molecular flexibility index (Phi) is 6.16. The molecule has 7 heteroatoms. The molecule has 0 N–H and O–H groups in total. The highest BCUT2D eigenvalue weighted by Crippen LogP contribution is 2.53. The van der Waals surface area contributed by atoms with Crippen molar-refractivity contribution in [3.63, 3.8) is 0 Å². The minimum atomic E-state index is -0.224. The first-order valence-corrected chi connectivity index (χ1v) is 19.2. The molecule has 0 saturated carbocycles. The molecule has 0 bridgehead atoms. The van der Waals surface area contributed by atoms with Crippen molar-refractivity contribution in [2.45, 2.75) is 0 Å². The largest absolute Gasteiger partial charge is 0.454 e. The van der Waals surface area contributed by atoms with E-state index in [4.69, 9.17) is 17.7 Å². The van der Waals surface area contributed by atoms with Crippen molar-refractivity contribution >= 4 is 101 Å². The van der Waals surface area contributed by atoms with E-state index < -0.39 is 0 Å². The molecule has 6 nitrogen and oxygen atoms in total. The first-order valence-electron chi connectivity index (χ1n) is 19.2. The van der Waals surface area contributed by atoms with Gasteiger partial charge in [-0.25, -0.2) is 0 Å². The summed E-state index contributed by atoms with van der Waals surface area (Å²) in [6.45, 7) is -0.224. The third-order valence-electron chi connectivity index (χ3n) is 11.7. The minimum absolute atomic E-state index is 0.224. The second-order valence-corrected chi connectivity index (χ2v) is 14.7. The van der Waals surface area contributed by atoms with Gasteiger partial charge in [0.05, 0.1) is 0 Å². The zero-order chi connectivity index (χ0) is 37.2. The maximum Gasteiger partial charge on any atom is 0.262 e. The lowest BCUT2D eigenvalue weighted by Gasteiger charge is -2.40. The smallest absolute Gasteiger partial charge is 0.262 e. The number of furan rings is 4. The topological polar surface area (TPSA) is 59.0 Å². The van der Waals surface area contributed by atoms with Crippen LogP contribution in [0.5, 0.6) is 0 Å². The number of hydrogen-bond acceptors (Lipinski definition) is 6. The van der Waals surface area contributed by atoms with Crippen LogP contribution in [0, 0.1) is 0 Å². The highest BCUT2D eigenvalue weighted by Gasteiger charge is 2.50. The third-order valence-corrected chi connectivity index (χ3v) is 11.7. The Morgan fingerprint density at radius 3 is 1.12 bits per heavy atom. The molecular formula is C50H29BN2O4. The third kappa shape index (κ3) is 4.15. The van der Waals surface area contributed by atoms with Crippen LogP contribution in [0.3, 0.4) is 0 Å². The molecule has 0 aliphatic carbocycles. The second kappa shape index (κ2) is 11.4. The predicted octanol–water partition coefficient (Wildman–Crippen LogP) is 12.1. The van der Waals surface area contributed by atoms with Gasteiger partial charge in [0.1, 0.15) is 33.7 Å². The van der Waals surface area contributed by atoms with Crippen molar-refractivity contribution in [3.8, 4) is 22.6 Å². The van der Waals surface area contributed by atoms with Crippen LogP contribution < -0.4 is 26.2 Å². The second-order valence-electron chi connectivity index (χ2n) is 14.7. The van der Waals surface area contributed by atoms with Gasteiger partial charge in [-0.15, -0.1) is 0 Å². The molecule has 0 fully saturated rings. The van der Waals surface area contributed by atoms with Crippen molar-refractivity contribution in [2.24, 2.45) is 0 Å². The Hall–Kier alpha value is -7.64. The summed E-state index contributed by atoms with van der Waals surface area (Å²) in [6, 6.07) is 60.6. The molecule has 6 heterocycles.